The Labute approximate surface area is 142 Å². The van der Waals surface area contributed by atoms with E-state index in [9.17, 15) is 19.7 Å². The number of nitro groups is 1. The van der Waals surface area contributed by atoms with Crippen LogP contribution in [0.4, 0.5) is 11.4 Å². The molecule has 2 aromatic rings. The average Bonchev–Trinajstić information content (AvgIpc) is 2.54. The third-order valence-electron chi connectivity index (χ3n) is 3.20. The zero-order valence-electron chi connectivity index (χ0n) is 12.6. The van der Waals surface area contributed by atoms with Crippen molar-refractivity contribution in [1.82, 2.24) is 0 Å². The van der Waals surface area contributed by atoms with Gasteiger partial charge in [-0.1, -0.05) is 29.8 Å². The summed E-state index contributed by atoms with van der Waals surface area (Å²) in [7, 11) is 0. The molecule has 2 rings (SSSR count). The molecule has 0 unspecified atom stereocenters. The summed E-state index contributed by atoms with van der Waals surface area (Å²) in [6, 6.07) is 10.7. The minimum Gasteiger partial charge on any atom is -0.452 e. The van der Waals surface area contributed by atoms with Crippen LogP contribution in [0.1, 0.15) is 15.9 Å². The summed E-state index contributed by atoms with van der Waals surface area (Å²) < 4.78 is 4.90. The van der Waals surface area contributed by atoms with E-state index in [0.717, 1.165) is 0 Å². The third kappa shape index (κ3) is 4.08. The lowest BCUT2D eigenvalue weighted by Gasteiger charge is -2.09. The Bertz CT molecular complexity index is 807. The van der Waals surface area contributed by atoms with E-state index in [2.05, 4.69) is 5.32 Å². The van der Waals surface area contributed by atoms with Crippen LogP contribution < -0.4 is 5.32 Å². The number of nitro benzene ring substituents is 1. The molecule has 0 aromatic heterocycles. The molecule has 7 nitrogen and oxygen atoms in total. The standard InChI is InChI=1S/C16H13ClN2O5/c1-10-11(5-4-8-14(10)19(22)23)16(21)24-9-15(20)18-13-7-3-2-6-12(13)17/h2-8H,9H2,1H3,(H,18,20). The Hall–Kier alpha value is -2.93. The summed E-state index contributed by atoms with van der Waals surface area (Å²) in [5.74, 6) is -1.38. The lowest BCUT2D eigenvalue weighted by molar-refractivity contribution is -0.385. The molecule has 8 heteroatoms. The highest BCUT2D eigenvalue weighted by molar-refractivity contribution is 6.33. The number of amides is 1. The molecule has 0 saturated heterocycles. The summed E-state index contributed by atoms with van der Waals surface area (Å²) in [5, 5.41) is 13.7. The molecule has 124 valence electrons. The smallest absolute Gasteiger partial charge is 0.339 e. The van der Waals surface area contributed by atoms with Crippen molar-refractivity contribution in [2.24, 2.45) is 0 Å². The monoisotopic (exact) mass is 348 g/mol. The molecular formula is C16H13ClN2O5. The Balaban J connectivity index is 2.01. The van der Waals surface area contributed by atoms with Crippen LogP contribution in [0.3, 0.4) is 0 Å². The minimum atomic E-state index is -0.814. The number of rotatable bonds is 5. The molecule has 0 fully saturated rings. The summed E-state index contributed by atoms with van der Waals surface area (Å²) >= 11 is 5.91. The summed E-state index contributed by atoms with van der Waals surface area (Å²) in [6.07, 6.45) is 0. The van der Waals surface area contributed by atoms with E-state index in [1.54, 1.807) is 24.3 Å². The number of carbonyl (C=O) groups is 2. The van der Waals surface area contributed by atoms with Gasteiger partial charge in [0.2, 0.25) is 0 Å². The van der Waals surface area contributed by atoms with Crippen LogP contribution in [-0.4, -0.2) is 23.4 Å². The molecule has 24 heavy (non-hydrogen) atoms. The maximum absolute atomic E-state index is 12.0. The number of hydrogen-bond donors (Lipinski definition) is 1. The number of esters is 1. The van der Waals surface area contributed by atoms with Gasteiger partial charge in [-0.15, -0.1) is 0 Å². The number of para-hydroxylation sites is 1. The van der Waals surface area contributed by atoms with Crippen molar-refractivity contribution in [2.75, 3.05) is 11.9 Å². The number of benzene rings is 2. The van der Waals surface area contributed by atoms with Crippen LogP contribution in [0, 0.1) is 17.0 Å². The second kappa shape index (κ2) is 7.56. The van der Waals surface area contributed by atoms with Crippen LogP contribution in [0.25, 0.3) is 0 Å². The SMILES string of the molecule is Cc1c(C(=O)OCC(=O)Nc2ccccc2Cl)cccc1[N+](=O)[O-]. The van der Waals surface area contributed by atoms with Gasteiger partial charge in [-0.25, -0.2) is 4.79 Å². The first-order chi connectivity index (χ1) is 11.4. The number of halogens is 1. The molecule has 0 spiro atoms. The minimum absolute atomic E-state index is 0.0368. The van der Waals surface area contributed by atoms with Gasteiger partial charge >= 0.3 is 5.97 Å². The lowest BCUT2D eigenvalue weighted by Crippen LogP contribution is -2.21. The van der Waals surface area contributed by atoms with Crippen LogP contribution in [0.5, 0.6) is 0 Å². The summed E-state index contributed by atoms with van der Waals surface area (Å²) in [4.78, 5) is 34.1. The van der Waals surface area contributed by atoms with E-state index in [1.165, 1.54) is 25.1 Å². The van der Waals surface area contributed by atoms with E-state index >= 15 is 0 Å². The number of nitrogens with zero attached hydrogens (tertiary/aromatic N) is 1. The van der Waals surface area contributed by atoms with Gasteiger partial charge in [0.15, 0.2) is 6.61 Å². The van der Waals surface area contributed by atoms with E-state index < -0.39 is 23.4 Å². The fourth-order valence-electron chi connectivity index (χ4n) is 2.00. The van der Waals surface area contributed by atoms with Crippen LogP contribution in [0.15, 0.2) is 42.5 Å². The predicted molar refractivity (Wildman–Crippen MR) is 88.2 cm³/mol. The van der Waals surface area contributed by atoms with Crippen molar-refractivity contribution in [3.63, 3.8) is 0 Å². The molecule has 0 bridgehead atoms. The van der Waals surface area contributed by atoms with Crippen molar-refractivity contribution >= 4 is 34.9 Å². The van der Waals surface area contributed by atoms with E-state index in [0.29, 0.717) is 10.7 Å². The number of hydrogen-bond acceptors (Lipinski definition) is 5. The van der Waals surface area contributed by atoms with Gasteiger partial charge in [0, 0.05) is 11.6 Å². The zero-order valence-corrected chi connectivity index (χ0v) is 13.4. The first-order valence-electron chi connectivity index (χ1n) is 6.85. The molecule has 0 aliphatic heterocycles. The maximum atomic E-state index is 12.0. The molecule has 0 heterocycles. The molecule has 0 saturated carbocycles. The maximum Gasteiger partial charge on any atom is 0.339 e. The average molecular weight is 349 g/mol. The van der Waals surface area contributed by atoms with E-state index in [-0.39, 0.29) is 16.8 Å². The van der Waals surface area contributed by atoms with Gasteiger partial charge in [0.05, 0.1) is 21.2 Å². The normalized spacial score (nSPS) is 10.1. The van der Waals surface area contributed by atoms with Gasteiger partial charge in [-0.2, -0.15) is 0 Å². The molecule has 2 aromatic carbocycles. The first kappa shape index (κ1) is 17.4. The van der Waals surface area contributed by atoms with Crippen molar-refractivity contribution in [1.29, 1.82) is 0 Å². The predicted octanol–water partition coefficient (Wildman–Crippen LogP) is 3.35. The quantitative estimate of drug-likeness (QED) is 0.507. The number of nitrogens with one attached hydrogen (secondary N) is 1. The fourth-order valence-corrected chi connectivity index (χ4v) is 2.18. The largest absolute Gasteiger partial charge is 0.452 e. The molecule has 0 aliphatic carbocycles. The van der Waals surface area contributed by atoms with E-state index in [4.69, 9.17) is 16.3 Å². The van der Waals surface area contributed by atoms with Crippen molar-refractivity contribution < 1.29 is 19.2 Å². The highest BCUT2D eigenvalue weighted by Crippen LogP contribution is 2.22. The number of anilines is 1. The van der Waals surface area contributed by atoms with Gasteiger partial charge < -0.3 is 10.1 Å². The van der Waals surface area contributed by atoms with Crippen molar-refractivity contribution in [3.8, 4) is 0 Å². The highest BCUT2D eigenvalue weighted by atomic mass is 35.5. The highest BCUT2D eigenvalue weighted by Gasteiger charge is 2.19. The first-order valence-corrected chi connectivity index (χ1v) is 7.23. The Morgan fingerprint density at radius 3 is 2.58 bits per heavy atom. The number of carbonyl (C=O) groups excluding carboxylic acids is 2. The topological polar surface area (TPSA) is 98.5 Å². The second-order valence-corrected chi connectivity index (χ2v) is 5.22. The Morgan fingerprint density at radius 2 is 1.92 bits per heavy atom. The summed E-state index contributed by atoms with van der Waals surface area (Å²) in [6.45, 7) is 0.907. The molecule has 0 atom stereocenters. The molecule has 1 amide bonds. The molecule has 0 aliphatic rings. The van der Waals surface area contributed by atoms with Crippen molar-refractivity contribution in [2.45, 2.75) is 6.92 Å². The third-order valence-corrected chi connectivity index (χ3v) is 3.53. The Morgan fingerprint density at radius 1 is 1.21 bits per heavy atom. The zero-order chi connectivity index (χ0) is 17.7. The van der Waals surface area contributed by atoms with E-state index in [1.807, 2.05) is 0 Å². The van der Waals surface area contributed by atoms with Gasteiger partial charge in [0.1, 0.15) is 0 Å². The second-order valence-electron chi connectivity index (χ2n) is 4.81. The number of ether oxygens (including phenoxy) is 1. The van der Waals surface area contributed by atoms with Crippen molar-refractivity contribution in [3.05, 3.63) is 68.7 Å². The van der Waals surface area contributed by atoms with Gasteiger partial charge in [-0.3, -0.25) is 14.9 Å². The Kier molecular flexibility index (Phi) is 5.49. The van der Waals surface area contributed by atoms with Crippen LogP contribution in [0.2, 0.25) is 5.02 Å². The fraction of sp³-hybridized carbons (Fsp3) is 0.125. The molecular weight excluding hydrogens is 336 g/mol. The van der Waals surface area contributed by atoms with Crippen LogP contribution in [-0.2, 0) is 9.53 Å². The van der Waals surface area contributed by atoms with Crippen LogP contribution >= 0.6 is 11.6 Å². The van der Waals surface area contributed by atoms with Gasteiger partial charge in [-0.05, 0) is 25.1 Å². The molecule has 0 radical (unpaired) electrons. The molecule has 1 N–H and O–H groups in total. The summed E-state index contributed by atoms with van der Waals surface area (Å²) in [5.41, 5.74) is 0.422. The lowest BCUT2D eigenvalue weighted by atomic mass is 10.1. The van der Waals surface area contributed by atoms with Gasteiger partial charge in [0.25, 0.3) is 11.6 Å².